The largest absolute Gasteiger partial charge is 0.375 e. The van der Waals surface area contributed by atoms with Crippen molar-refractivity contribution in [2.75, 3.05) is 45.9 Å². The normalized spacial score (nSPS) is 23.0. The molecule has 0 aromatic carbocycles. The summed E-state index contributed by atoms with van der Waals surface area (Å²) >= 11 is 1.74. The van der Waals surface area contributed by atoms with Crippen molar-refractivity contribution in [2.45, 2.75) is 38.2 Å². The summed E-state index contributed by atoms with van der Waals surface area (Å²) in [5, 5.41) is 5.14. The summed E-state index contributed by atoms with van der Waals surface area (Å²) in [7, 11) is 0. The fraction of sp³-hybridized carbons (Fsp3) is 0.722. The van der Waals surface area contributed by atoms with Crippen LogP contribution in [0.15, 0.2) is 17.5 Å². The average molecular weight is 352 g/mol. The van der Waals surface area contributed by atoms with Gasteiger partial charge in [-0.25, -0.2) is 4.79 Å². The second-order valence-corrected chi connectivity index (χ2v) is 7.75. The zero-order valence-electron chi connectivity index (χ0n) is 14.4. The van der Waals surface area contributed by atoms with Crippen LogP contribution >= 0.6 is 11.3 Å². The maximum atomic E-state index is 12.5. The van der Waals surface area contributed by atoms with E-state index in [1.807, 2.05) is 4.90 Å². The number of likely N-dealkylation sites (tertiary alicyclic amines) is 1. The second-order valence-electron chi connectivity index (χ2n) is 6.71. The fourth-order valence-electron chi connectivity index (χ4n) is 3.48. The topological polar surface area (TPSA) is 44.8 Å². The van der Waals surface area contributed by atoms with E-state index in [1.54, 1.807) is 11.3 Å². The first-order chi connectivity index (χ1) is 11.8. The Morgan fingerprint density at radius 1 is 1.25 bits per heavy atom. The van der Waals surface area contributed by atoms with Gasteiger partial charge in [-0.1, -0.05) is 12.5 Å². The van der Waals surface area contributed by atoms with Crippen molar-refractivity contribution in [3.63, 3.8) is 0 Å². The highest BCUT2D eigenvalue weighted by molar-refractivity contribution is 7.09. The lowest BCUT2D eigenvalue weighted by atomic mass is 10.1. The minimum Gasteiger partial charge on any atom is -0.375 e. The molecule has 3 rings (SSSR count). The maximum absolute atomic E-state index is 12.5. The molecule has 2 fully saturated rings. The van der Waals surface area contributed by atoms with Crippen LogP contribution in [0.3, 0.4) is 0 Å². The molecule has 1 aromatic heterocycles. The number of amides is 2. The molecule has 0 bridgehead atoms. The summed E-state index contributed by atoms with van der Waals surface area (Å²) in [6, 6.07) is 4.23. The van der Waals surface area contributed by atoms with Gasteiger partial charge >= 0.3 is 6.03 Å². The number of piperidine rings is 1. The van der Waals surface area contributed by atoms with Crippen LogP contribution < -0.4 is 5.32 Å². The van der Waals surface area contributed by atoms with E-state index in [9.17, 15) is 4.79 Å². The third-order valence-electron chi connectivity index (χ3n) is 4.78. The van der Waals surface area contributed by atoms with Gasteiger partial charge in [-0.2, -0.15) is 0 Å². The lowest BCUT2D eigenvalue weighted by molar-refractivity contribution is 0.0256. The minimum absolute atomic E-state index is 0.0562. The number of nitrogens with one attached hydrogen (secondary N) is 1. The predicted octanol–water partition coefficient (Wildman–Crippen LogP) is 2.58. The van der Waals surface area contributed by atoms with Gasteiger partial charge in [-0.3, -0.25) is 0 Å². The average Bonchev–Trinajstić information content (AvgIpc) is 3.01. The molecule has 0 aliphatic carbocycles. The standard InChI is InChI=1S/C18H29N3O2S/c22-18(19-8-7-17-6-4-13-24-17)21-11-5-12-23-16(15-21)14-20-9-2-1-3-10-20/h4,6,13,16H,1-3,5,7-12,14-15H2,(H,19,22)/t16-/m0/s1. The van der Waals surface area contributed by atoms with E-state index in [-0.39, 0.29) is 12.1 Å². The molecule has 0 saturated carbocycles. The summed E-state index contributed by atoms with van der Waals surface area (Å²) in [6.45, 7) is 6.27. The molecule has 1 atom stereocenters. The Kier molecular flexibility index (Phi) is 6.93. The first kappa shape index (κ1) is 17.7. The van der Waals surface area contributed by atoms with Crippen LogP contribution in [0.2, 0.25) is 0 Å². The number of nitrogens with zero attached hydrogens (tertiary/aromatic N) is 2. The van der Waals surface area contributed by atoms with E-state index >= 15 is 0 Å². The molecule has 0 unspecified atom stereocenters. The Hall–Kier alpha value is -1.11. The van der Waals surface area contributed by atoms with Crippen molar-refractivity contribution in [3.8, 4) is 0 Å². The monoisotopic (exact) mass is 351 g/mol. The van der Waals surface area contributed by atoms with Gasteiger partial charge in [-0.05, 0) is 50.2 Å². The number of thiophene rings is 1. The second kappa shape index (κ2) is 9.39. The fourth-order valence-corrected chi connectivity index (χ4v) is 4.19. The van der Waals surface area contributed by atoms with Crippen LogP contribution in [0.5, 0.6) is 0 Å². The molecule has 1 aromatic rings. The van der Waals surface area contributed by atoms with Crippen molar-refractivity contribution in [2.24, 2.45) is 0 Å². The molecule has 0 radical (unpaired) electrons. The summed E-state index contributed by atoms with van der Waals surface area (Å²) < 4.78 is 5.99. The number of rotatable bonds is 5. The molecule has 2 aliphatic heterocycles. The number of carbonyl (C=O) groups excluding carboxylic acids is 1. The Bertz CT molecular complexity index is 488. The molecule has 2 aliphatic rings. The van der Waals surface area contributed by atoms with Gasteiger partial charge in [0.05, 0.1) is 6.10 Å². The molecule has 2 saturated heterocycles. The quantitative estimate of drug-likeness (QED) is 0.887. The molecule has 1 N–H and O–H groups in total. The van der Waals surface area contributed by atoms with Crippen molar-refractivity contribution in [1.29, 1.82) is 0 Å². The molecule has 134 valence electrons. The van der Waals surface area contributed by atoms with Crippen LogP contribution in [0.25, 0.3) is 0 Å². The molecule has 2 amide bonds. The van der Waals surface area contributed by atoms with Crippen molar-refractivity contribution in [3.05, 3.63) is 22.4 Å². The van der Waals surface area contributed by atoms with Gasteiger partial charge in [0, 0.05) is 37.7 Å². The van der Waals surface area contributed by atoms with E-state index in [0.717, 1.165) is 32.5 Å². The summed E-state index contributed by atoms with van der Waals surface area (Å²) in [4.78, 5) is 18.2. The third kappa shape index (κ3) is 5.46. The van der Waals surface area contributed by atoms with E-state index in [2.05, 4.69) is 27.7 Å². The zero-order chi connectivity index (χ0) is 16.6. The molecular weight excluding hydrogens is 322 g/mol. The van der Waals surface area contributed by atoms with E-state index in [0.29, 0.717) is 13.1 Å². The molecule has 3 heterocycles. The van der Waals surface area contributed by atoms with Crippen molar-refractivity contribution >= 4 is 17.4 Å². The third-order valence-corrected chi connectivity index (χ3v) is 5.71. The zero-order valence-corrected chi connectivity index (χ0v) is 15.2. The Balaban J connectivity index is 1.43. The van der Waals surface area contributed by atoms with Crippen LogP contribution in [0.4, 0.5) is 4.79 Å². The van der Waals surface area contributed by atoms with Gasteiger partial charge in [-0.15, -0.1) is 11.3 Å². The highest BCUT2D eigenvalue weighted by Gasteiger charge is 2.24. The predicted molar refractivity (Wildman–Crippen MR) is 97.6 cm³/mol. The van der Waals surface area contributed by atoms with Gasteiger partial charge < -0.3 is 19.9 Å². The highest BCUT2D eigenvalue weighted by Crippen LogP contribution is 2.13. The Morgan fingerprint density at radius 2 is 2.12 bits per heavy atom. The lowest BCUT2D eigenvalue weighted by Crippen LogP contribution is -2.47. The number of carbonyl (C=O) groups is 1. The maximum Gasteiger partial charge on any atom is 0.317 e. The van der Waals surface area contributed by atoms with Crippen molar-refractivity contribution < 1.29 is 9.53 Å². The highest BCUT2D eigenvalue weighted by atomic mass is 32.1. The first-order valence-corrected chi connectivity index (χ1v) is 10.1. The smallest absolute Gasteiger partial charge is 0.317 e. The molecular formula is C18H29N3O2S. The van der Waals surface area contributed by atoms with Gasteiger partial charge in [0.25, 0.3) is 0 Å². The molecule has 0 spiro atoms. The van der Waals surface area contributed by atoms with Gasteiger partial charge in [0.15, 0.2) is 0 Å². The summed E-state index contributed by atoms with van der Waals surface area (Å²) in [5.41, 5.74) is 0. The summed E-state index contributed by atoms with van der Waals surface area (Å²) in [5.74, 6) is 0. The number of hydrogen-bond acceptors (Lipinski definition) is 4. The Labute approximate surface area is 149 Å². The van der Waals surface area contributed by atoms with Crippen LogP contribution in [0.1, 0.15) is 30.6 Å². The molecule has 5 nitrogen and oxygen atoms in total. The number of urea groups is 1. The number of ether oxygens (including phenoxy) is 1. The van der Waals surface area contributed by atoms with E-state index in [4.69, 9.17) is 4.74 Å². The van der Waals surface area contributed by atoms with E-state index < -0.39 is 0 Å². The Morgan fingerprint density at radius 3 is 2.92 bits per heavy atom. The molecule has 24 heavy (non-hydrogen) atoms. The number of hydrogen-bond donors (Lipinski definition) is 1. The van der Waals surface area contributed by atoms with Gasteiger partial charge in [0.1, 0.15) is 0 Å². The molecule has 6 heteroatoms. The van der Waals surface area contributed by atoms with E-state index in [1.165, 1.54) is 37.2 Å². The lowest BCUT2D eigenvalue weighted by Gasteiger charge is -2.31. The SMILES string of the molecule is O=C(NCCc1cccs1)N1CCCO[C@@H](CN2CCCCC2)C1. The summed E-state index contributed by atoms with van der Waals surface area (Å²) in [6.07, 6.45) is 5.91. The van der Waals surface area contributed by atoms with Crippen molar-refractivity contribution in [1.82, 2.24) is 15.1 Å². The first-order valence-electron chi connectivity index (χ1n) is 9.20. The minimum atomic E-state index is 0.0562. The van der Waals surface area contributed by atoms with Gasteiger partial charge in [0.2, 0.25) is 0 Å². The van der Waals surface area contributed by atoms with Crippen LogP contribution in [0, 0.1) is 0 Å². The van der Waals surface area contributed by atoms with Crippen LogP contribution in [-0.4, -0.2) is 67.8 Å². The van der Waals surface area contributed by atoms with Crippen LogP contribution in [-0.2, 0) is 11.2 Å².